The number of quaternary nitrogens is 1. The van der Waals surface area contributed by atoms with Crippen molar-refractivity contribution in [3.63, 3.8) is 0 Å². The molecule has 0 amide bonds. The summed E-state index contributed by atoms with van der Waals surface area (Å²) in [4.78, 5) is 35.8. The lowest BCUT2D eigenvalue weighted by Gasteiger charge is -2.24. The average Bonchev–Trinajstić information content (AvgIpc) is 3.39. The molecule has 458 valence electrons. The first-order chi connectivity index (χ1) is 37.5. The minimum absolute atomic E-state index is 0.0357. The van der Waals surface area contributed by atoms with E-state index in [-0.39, 0.29) is 25.6 Å². The Labute approximate surface area is 479 Å². The molecule has 77 heavy (non-hydrogen) atoms. The molecule has 0 aromatic heterocycles. The Morgan fingerprint density at radius 2 is 0.662 bits per heavy atom. The van der Waals surface area contributed by atoms with Crippen LogP contribution in [0.3, 0.4) is 0 Å². The minimum atomic E-state index is -4.38. The van der Waals surface area contributed by atoms with Crippen molar-refractivity contribution >= 4 is 19.8 Å². The quantitative estimate of drug-likeness (QED) is 0.0211. The van der Waals surface area contributed by atoms with Gasteiger partial charge < -0.3 is 18.9 Å². The number of allylic oxidation sites excluding steroid dienone is 2. The smallest absolute Gasteiger partial charge is 0.462 e. The first kappa shape index (κ1) is 75.8. The number of esters is 2. The second-order valence-electron chi connectivity index (χ2n) is 24.6. The van der Waals surface area contributed by atoms with Crippen LogP contribution in [0.5, 0.6) is 0 Å². The highest BCUT2D eigenvalue weighted by atomic mass is 31.2. The number of likely N-dealkylation sites (N-methyl/N-ethyl adjacent to an activating group) is 1. The van der Waals surface area contributed by atoms with E-state index >= 15 is 0 Å². The SMILES string of the molecule is CCCCCCCCCC/C=C\CCCCCCCCCCCCCC(=O)OC(COC(=O)CCCCCCCCCCCCCCCCCCCCCCCCCCCCCCCC)COP(=O)(O)OCC[N+](C)(C)C. The maximum atomic E-state index is 12.8. The maximum absolute atomic E-state index is 12.8. The van der Waals surface area contributed by atoms with Crippen molar-refractivity contribution in [3.8, 4) is 0 Å². The first-order valence-electron chi connectivity index (χ1n) is 33.9. The lowest BCUT2D eigenvalue weighted by atomic mass is 10.0. The molecule has 0 aliphatic rings. The third-order valence-electron chi connectivity index (χ3n) is 15.5. The van der Waals surface area contributed by atoms with E-state index in [1.165, 1.54) is 289 Å². The lowest BCUT2D eigenvalue weighted by molar-refractivity contribution is -0.870. The predicted octanol–water partition coefficient (Wildman–Crippen LogP) is 21.6. The van der Waals surface area contributed by atoms with Crippen molar-refractivity contribution in [3.05, 3.63) is 12.2 Å². The van der Waals surface area contributed by atoms with Crippen LogP contribution >= 0.6 is 7.82 Å². The first-order valence-corrected chi connectivity index (χ1v) is 35.4. The molecule has 0 aliphatic heterocycles. The fourth-order valence-corrected chi connectivity index (χ4v) is 11.1. The molecule has 9 nitrogen and oxygen atoms in total. The molecule has 0 rings (SSSR count). The standard InChI is InChI=1S/C67H132NO8P/c1-6-8-10-12-14-16-18-20-22-24-26-28-30-31-32-33-34-35-36-38-39-41-43-45-47-49-51-53-55-57-59-66(69)73-63-65(64-75-77(71,72)74-62-61-68(3,4)5)76-67(70)60-58-56-54-52-50-48-46-44-42-40-37-29-27-25-23-21-19-17-15-13-11-9-7-2/h25,27,65H,6-24,26,28-64H2,1-5H3/p+1/b27-25-. The number of carbonyl (C=O) groups excluding carboxylic acids is 2. The average molecular weight is 1110 g/mol. The second kappa shape index (κ2) is 59.4. The van der Waals surface area contributed by atoms with Crippen LogP contribution in [0.15, 0.2) is 12.2 Å². The summed E-state index contributed by atoms with van der Waals surface area (Å²) in [6.07, 6.45) is 71.7. The highest BCUT2D eigenvalue weighted by Crippen LogP contribution is 2.43. The van der Waals surface area contributed by atoms with E-state index in [1.807, 2.05) is 21.1 Å². The zero-order chi connectivity index (χ0) is 56.3. The number of phosphoric acid groups is 1. The van der Waals surface area contributed by atoms with Gasteiger partial charge >= 0.3 is 19.8 Å². The van der Waals surface area contributed by atoms with Crippen molar-refractivity contribution in [2.45, 2.75) is 360 Å². The molecule has 0 aliphatic carbocycles. The Balaban J connectivity index is 3.99. The summed E-state index contributed by atoms with van der Waals surface area (Å²) in [7, 11) is 1.50. The Kier molecular flexibility index (Phi) is 58.4. The van der Waals surface area contributed by atoms with Crippen LogP contribution < -0.4 is 0 Å². The fourth-order valence-electron chi connectivity index (χ4n) is 10.3. The van der Waals surface area contributed by atoms with E-state index in [4.69, 9.17) is 18.5 Å². The highest BCUT2D eigenvalue weighted by Gasteiger charge is 2.27. The van der Waals surface area contributed by atoms with Crippen LogP contribution in [0.2, 0.25) is 0 Å². The highest BCUT2D eigenvalue weighted by molar-refractivity contribution is 7.47. The number of carbonyl (C=O) groups is 2. The molecular formula is C67H133NO8P+. The molecule has 0 fully saturated rings. The number of phosphoric ester groups is 1. The summed E-state index contributed by atoms with van der Waals surface area (Å²) in [5.74, 6) is -0.775. The van der Waals surface area contributed by atoms with Gasteiger partial charge in [0, 0.05) is 12.8 Å². The largest absolute Gasteiger partial charge is 0.472 e. The van der Waals surface area contributed by atoms with Crippen LogP contribution in [0.25, 0.3) is 0 Å². The van der Waals surface area contributed by atoms with Crippen LogP contribution in [0.1, 0.15) is 354 Å². The topological polar surface area (TPSA) is 108 Å². The van der Waals surface area contributed by atoms with E-state index in [9.17, 15) is 19.0 Å². The van der Waals surface area contributed by atoms with Gasteiger partial charge in [0.1, 0.15) is 19.8 Å². The maximum Gasteiger partial charge on any atom is 0.472 e. The van der Waals surface area contributed by atoms with Gasteiger partial charge in [-0.2, -0.15) is 0 Å². The van der Waals surface area contributed by atoms with Crippen LogP contribution in [0, 0.1) is 0 Å². The van der Waals surface area contributed by atoms with Crippen LogP contribution in [0.4, 0.5) is 0 Å². The lowest BCUT2D eigenvalue weighted by Crippen LogP contribution is -2.37. The van der Waals surface area contributed by atoms with E-state index in [1.54, 1.807) is 0 Å². The molecule has 0 saturated heterocycles. The molecule has 2 atom stereocenters. The third kappa shape index (κ3) is 63.8. The second-order valence-corrected chi connectivity index (χ2v) is 26.0. The molecule has 1 N–H and O–H groups in total. The fraction of sp³-hybridized carbons (Fsp3) is 0.940. The molecule has 0 aromatic carbocycles. The van der Waals surface area contributed by atoms with E-state index in [0.29, 0.717) is 23.9 Å². The van der Waals surface area contributed by atoms with Gasteiger partial charge in [-0.15, -0.1) is 0 Å². The predicted molar refractivity (Wildman–Crippen MR) is 331 cm³/mol. The Morgan fingerprint density at radius 3 is 0.961 bits per heavy atom. The molecule has 0 spiro atoms. The summed E-state index contributed by atoms with van der Waals surface area (Å²) in [6, 6.07) is 0. The van der Waals surface area contributed by atoms with E-state index < -0.39 is 26.5 Å². The van der Waals surface area contributed by atoms with Crippen molar-refractivity contribution < 1.29 is 42.1 Å². The van der Waals surface area contributed by atoms with Gasteiger partial charge in [-0.05, 0) is 38.5 Å². The molecule has 0 bridgehead atoms. The normalized spacial score (nSPS) is 13.2. The van der Waals surface area contributed by atoms with Crippen molar-refractivity contribution in [2.75, 3.05) is 47.5 Å². The van der Waals surface area contributed by atoms with Gasteiger partial charge in [0.15, 0.2) is 6.10 Å². The summed E-state index contributed by atoms with van der Waals surface area (Å²) in [5, 5.41) is 0. The Hall–Kier alpha value is -1.25. The molecular weight excluding hydrogens is 978 g/mol. The van der Waals surface area contributed by atoms with E-state index in [0.717, 1.165) is 32.1 Å². The van der Waals surface area contributed by atoms with Gasteiger partial charge in [0.2, 0.25) is 0 Å². The van der Waals surface area contributed by atoms with Gasteiger partial charge in [0.05, 0.1) is 27.7 Å². The van der Waals surface area contributed by atoms with Crippen LogP contribution in [-0.4, -0.2) is 74.9 Å². The van der Waals surface area contributed by atoms with Gasteiger partial charge in [-0.3, -0.25) is 18.6 Å². The Morgan fingerprint density at radius 1 is 0.390 bits per heavy atom. The molecule has 2 unspecified atom stereocenters. The summed E-state index contributed by atoms with van der Waals surface area (Å²) < 4.78 is 34.7. The zero-order valence-electron chi connectivity index (χ0n) is 52.2. The summed E-state index contributed by atoms with van der Waals surface area (Å²) in [5.41, 5.74) is 0. The molecule has 0 saturated carbocycles. The molecule has 0 radical (unpaired) electrons. The molecule has 10 heteroatoms. The summed E-state index contributed by atoms with van der Waals surface area (Å²) >= 11 is 0. The number of unbranched alkanes of at least 4 members (excludes halogenated alkanes) is 48. The third-order valence-corrected chi connectivity index (χ3v) is 16.5. The number of hydrogen-bond acceptors (Lipinski definition) is 7. The van der Waals surface area contributed by atoms with Crippen molar-refractivity contribution in [2.24, 2.45) is 0 Å². The molecule has 0 aromatic rings. The zero-order valence-corrected chi connectivity index (χ0v) is 53.1. The monoisotopic (exact) mass is 1110 g/mol. The molecule has 0 heterocycles. The van der Waals surface area contributed by atoms with Gasteiger partial charge in [-0.25, -0.2) is 4.57 Å². The number of hydrogen-bond donors (Lipinski definition) is 1. The van der Waals surface area contributed by atoms with Gasteiger partial charge in [0.25, 0.3) is 0 Å². The van der Waals surface area contributed by atoms with Crippen molar-refractivity contribution in [1.29, 1.82) is 0 Å². The van der Waals surface area contributed by atoms with Crippen molar-refractivity contribution in [1.82, 2.24) is 0 Å². The van der Waals surface area contributed by atoms with Gasteiger partial charge in [-0.1, -0.05) is 315 Å². The Bertz CT molecular complexity index is 1300. The number of ether oxygens (including phenoxy) is 2. The minimum Gasteiger partial charge on any atom is -0.462 e. The number of nitrogens with zero attached hydrogens (tertiary/aromatic N) is 1. The van der Waals surface area contributed by atoms with Crippen LogP contribution in [-0.2, 0) is 32.7 Å². The summed E-state index contributed by atoms with van der Waals surface area (Å²) in [6.45, 7) is 4.51. The van der Waals surface area contributed by atoms with E-state index in [2.05, 4.69) is 26.0 Å². The number of rotatable bonds is 64.